The Morgan fingerprint density at radius 1 is 1.41 bits per heavy atom. The summed E-state index contributed by atoms with van der Waals surface area (Å²) in [4.78, 5) is 15.7. The summed E-state index contributed by atoms with van der Waals surface area (Å²) < 4.78 is 1.44. The lowest BCUT2D eigenvalue weighted by molar-refractivity contribution is 0.238. The number of carbonyl (C=O) groups is 1. The normalized spacial score (nSPS) is 12.1. The smallest absolute Gasteiger partial charge is 0.327 e. The molecule has 0 spiro atoms. The first kappa shape index (κ1) is 11.4. The highest BCUT2D eigenvalue weighted by atomic mass is 16.2. The Kier molecular flexibility index (Phi) is 3.55. The Bertz CT molecular complexity index is 465. The number of hydrogen-bond acceptors (Lipinski definition) is 2. The van der Waals surface area contributed by atoms with E-state index in [9.17, 15) is 4.79 Å². The molecule has 1 atom stereocenters. The zero-order valence-corrected chi connectivity index (χ0v) is 9.71. The van der Waals surface area contributed by atoms with E-state index < -0.39 is 0 Å². The Morgan fingerprint density at radius 2 is 2.18 bits per heavy atom. The van der Waals surface area contributed by atoms with Gasteiger partial charge in [-0.1, -0.05) is 37.3 Å². The zero-order chi connectivity index (χ0) is 12.1. The van der Waals surface area contributed by atoms with Crippen LogP contribution in [-0.4, -0.2) is 15.6 Å². The number of nitrogens with zero attached hydrogens (tertiary/aromatic N) is 2. The highest BCUT2D eigenvalue weighted by Crippen LogP contribution is 2.15. The van der Waals surface area contributed by atoms with E-state index in [0.29, 0.717) is 0 Å². The van der Waals surface area contributed by atoms with Crippen LogP contribution in [0.4, 0.5) is 4.79 Å². The molecule has 2 rings (SSSR count). The van der Waals surface area contributed by atoms with Crippen molar-refractivity contribution < 1.29 is 4.79 Å². The molecular formula is C13H15N3O. The molecule has 4 nitrogen and oxygen atoms in total. The minimum Gasteiger partial charge on any atom is -0.331 e. The second-order valence-electron chi connectivity index (χ2n) is 3.79. The van der Waals surface area contributed by atoms with Crippen molar-refractivity contribution in [2.75, 3.05) is 0 Å². The highest BCUT2D eigenvalue weighted by Gasteiger charge is 2.12. The molecule has 2 aromatic rings. The molecule has 0 radical (unpaired) electrons. The Hall–Kier alpha value is -2.10. The lowest BCUT2D eigenvalue weighted by atomic mass is 10.1. The standard InChI is InChI=1S/C13H15N3O/c1-2-12(11-6-4-3-5-7-11)15-13(17)16-9-8-14-10-16/h3-10,12H,2H2,1H3,(H,15,17)/t12-/m0/s1. The van der Waals surface area contributed by atoms with Gasteiger partial charge in [0.15, 0.2) is 0 Å². The molecule has 0 saturated heterocycles. The van der Waals surface area contributed by atoms with Crippen LogP contribution in [0, 0.1) is 0 Å². The quantitative estimate of drug-likeness (QED) is 0.879. The van der Waals surface area contributed by atoms with Gasteiger partial charge >= 0.3 is 6.03 Å². The Labute approximate surface area is 100 Å². The van der Waals surface area contributed by atoms with Crippen LogP contribution in [0.25, 0.3) is 0 Å². The molecule has 1 N–H and O–H groups in total. The number of carbonyl (C=O) groups excluding carboxylic acids is 1. The van der Waals surface area contributed by atoms with Crippen LogP contribution in [0.15, 0.2) is 49.1 Å². The summed E-state index contributed by atoms with van der Waals surface area (Å²) >= 11 is 0. The molecule has 0 fully saturated rings. The Balaban J connectivity index is 2.09. The first-order chi connectivity index (χ1) is 8.31. The second kappa shape index (κ2) is 5.30. The van der Waals surface area contributed by atoms with Gasteiger partial charge in [0.1, 0.15) is 6.33 Å². The molecule has 0 saturated carbocycles. The lowest BCUT2D eigenvalue weighted by Gasteiger charge is -2.17. The minimum absolute atomic E-state index is 0.0334. The summed E-state index contributed by atoms with van der Waals surface area (Å²) in [6.07, 6.45) is 5.56. The molecule has 0 aliphatic rings. The van der Waals surface area contributed by atoms with Gasteiger partial charge in [-0.2, -0.15) is 0 Å². The molecule has 1 aromatic carbocycles. The monoisotopic (exact) mass is 229 g/mol. The molecule has 1 amide bonds. The van der Waals surface area contributed by atoms with Crippen molar-refractivity contribution in [2.45, 2.75) is 19.4 Å². The maximum atomic E-state index is 11.9. The third-order valence-electron chi connectivity index (χ3n) is 2.65. The topological polar surface area (TPSA) is 46.9 Å². The first-order valence-electron chi connectivity index (χ1n) is 5.65. The molecular weight excluding hydrogens is 214 g/mol. The van der Waals surface area contributed by atoms with Gasteiger partial charge in [-0.25, -0.2) is 9.78 Å². The van der Waals surface area contributed by atoms with Crippen molar-refractivity contribution >= 4 is 6.03 Å². The lowest BCUT2D eigenvalue weighted by Crippen LogP contribution is -2.31. The van der Waals surface area contributed by atoms with Gasteiger partial charge in [0.25, 0.3) is 0 Å². The van der Waals surface area contributed by atoms with Crippen molar-refractivity contribution in [2.24, 2.45) is 0 Å². The van der Waals surface area contributed by atoms with Crippen molar-refractivity contribution in [3.8, 4) is 0 Å². The number of hydrogen-bond donors (Lipinski definition) is 1. The average molecular weight is 229 g/mol. The average Bonchev–Trinajstić information content (AvgIpc) is 2.90. The molecule has 0 aliphatic carbocycles. The fraction of sp³-hybridized carbons (Fsp3) is 0.231. The van der Waals surface area contributed by atoms with E-state index in [2.05, 4.69) is 10.3 Å². The molecule has 4 heteroatoms. The second-order valence-corrected chi connectivity index (χ2v) is 3.79. The molecule has 17 heavy (non-hydrogen) atoms. The van der Waals surface area contributed by atoms with Gasteiger partial charge in [0.2, 0.25) is 0 Å². The van der Waals surface area contributed by atoms with E-state index >= 15 is 0 Å². The summed E-state index contributed by atoms with van der Waals surface area (Å²) in [7, 11) is 0. The number of amides is 1. The zero-order valence-electron chi connectivity index (χ0n) is 9.71. The van der Waals surface area contributed by atoms with Gasteiger partial charge < -0.3 is 5.32 Å². The van der Waals surface area contributed by atoms with Crippen LogP contribution in [0.2, 0.25) is 0 Å². The predicted octanol–water partition coefficient (Wildman–Crippen LogP) is 2.59. The molecule has 1 aromatic heterocycles. The van der Waals surface area contributed by atoms with Gasteiger partial charge in [0.05, 0.1) is 6.04 Å². The number of nitrogens with one attached hydrogen (secondary N) is 1. The maximum absolute atomic E-state index is 11.9. The van der Waals surface area contributed by atoms with Crippen molar-refractivity contribution in [1.82, 2.24) is 14.9 Å². The summed E-state index contributed by atoms with van der Waals surface area (Å²) in [5.74, 6) is 0. The van der Waals surface area contributed by atoms with E-state index in [1.54, 1.807) is 12.4 Å². The van der Waals surface area contributed by atoms with Crippen LogP contribution in [0.5, 0.6) is 0 Å². The molecule has 88 valence electrons. The fourth-order valence-corrected chi connectivity index (χ4v) is 1.71. The van der Waals surface area contributed by atoms with E-state index in [-0.39, 0.29) is 12.1 Å². The van der Waals surface area contributed by atoms with Gasteiger partial charge in [-0.05, 0) is 12.0 Å². The van der Waals surface area contributed by atoms with Crippen molar-refractivity contribution in [1.29, 1.82) is 0 Å². The highest BCUT2D eigenvalue weighted by molar-refractivity contribution is 5.76. The van der Waals surface area contributed by atoms with Gasteiger partial charge in [0, 0.05) is 12.4 Å². The summed E-state index contributed by atoms with van der Waals surface area (Å²) in [6, 6.07) is 9.82. The molecule has 0 bridgehead atoms. The molecule has 0 unspecified atom stereocenters. The van der Waals surface area contributed by atoms with Crippen LogP contribution in [-0.2, 0) is 0 Å². The van der Waals surface area contributed by atoms with E-state index in [1.807, 2.05) is 37.3 Å². The Morgan fingerprint density at radius 3 is 2.76 bits per heavy atom. The van der Waals surface area contributed by atoms with Gasteiger partial charge in [-0.3, -0.25) is 4.57 Å². The van der Waals surface area contributed by atoms with Crippen LogP contribution >= 0.6 is 0 Å². The van der Waals surface area contributed by atoms with E-state index in [4.69, 9.17) is 0 Å². The van der Waals surface area contributed by atoms with Crippen LogP contribution < -0.4 is 5.32 Å². The number of benzene rings is 1. The fourth-order valence-electron chi connectivity index (χ4n) is 1.71. The van der Waals surface area contributed by atoms with E-state index in [1.165, 1.54) is 10.9 Å². The van der Waals surface area contributed by atoms with Crippen molar-refractivity contribution in [3.63, 3.8) is 0 Å². The predicted molar refractivity (Wildman–Crippen MR) is 65.6 cm³/mol. The number of imidazole rings is 1. The number of rotatable bonds is 3. The van der Waals surface area contributed by atoms with Crippen LogP contribution in [0.3, 0.4) is 0 Å². The molecule has 1 heterocycles. The maximum Gasteiger partial charge on any atom is 0.327 e. The molecule has 0 aliphatic heterocycles. The third kappa shape index (κ3) is 2.72. The summed E-state index contributed by atoms with van der Waals surface area (Å²) in [5.41, 5.74) is 1.11. The minimum atomic E-state index is -0.154. The third-order valence-corrected chi connectivity index (χ3v) is 2.65. The van der Waals surface area contributed by atoms with Gasteiger partial charge in [-0.15, -0.1) is 0 Å². The van der Waals surface area contributed by atoms with Crippen molar-refractivity contribution in [3.05, 3.63) is 54.6 Å². The summed E-state index contributed by atoms with van der Waals surface area (Å²) in [6.45, 7) is 2.05. The first-order valence-corrected chi connectivity index (χ1v) is 5.65. The van der Waals surface area contributed by atoms with E-state index in [0.717, 1.165) is 12.0 Å². The number of aromatic nitrogens is 2. The largest absolute Gasteiger partial charge is 0.331 e. The SMILES string of the molecule is CC[C@H](NC(=O)n1ccnc1)c1ccccc1. The van der Waals surface area contributed by atoms with Crippen LogP contribution in [0.1, 0.15) is 24.9 Å². The summed E-state index contributed by atoms with van der Waals surface area (Å²) in [5, 5.41) is 2.97.